The highest BCUT2D eigenvalue weighted by molar-refractivity contribution is 6.51. The molecule has 0 aliphatic carbocycles. The van der Waals surface area contributed by atoms with Crippen molar-refractivity contribution < 1.29 is 23.8 Å². The lowest BCUT2D eigenvalue weighted by Crippen LogP contribution is -2.29. The third kappa shape index (κ3) is 3.92. The standard InChI is InChI=1S/C26H25ClN2O5/c1-14-12-18(25(33-5)19(27)13-14)23(30)21-22(20-11-6-15(2)34-20)29(26(32)24(21)31)17-9-7-16(8-10-17)28(3)4/h6-13,22,30H,1-5H3/b23-21+. The molecule has 1 aromatic heterocycles. The third-order valence-electron chi connectivity index (χ3n) is 5.77. The number of aliphatic hydroxyl groups is 1. The number of nitrogens with zero attached hydrogens (tertiary/aromatic N) is 2. The quantitative estimate of drug-likeness (QED) is 0.305. The number of hydrogen-bond acceptors (Lipinski definition) is 6. The first kappa shape index (κ1) is 23.4. The average Bonchev–Trinajstić information content (AvgIpc) is 3.33. The van der Waals surface area contributed by atoms with E-state index in [0.29, 0.717) is 17.2 Å². The van der Waals surface area contributed by atoms with Crippen molar-refractivity contribution in [2.45, 2.75) is 19.9 Å². The molecule has 8 heteroatoms. The number of methoxy groups -OCH3 is 1. The molecule has 3 aromatic rings. The van der Waals surface area contributed by atoms with E-state index >= 15 is 0 Å². The molecule has 0 bridgehead atoms. The first-order valence-corrected chi connectivity index (χ1v) is 11.0. The number of carbonyl (C=O) groups excluding carboxylic acids is 2. The van der Waals surface area contributed by atoms with Crippen LogP contribution in [0.4, 0.5) is 11.4 Å². The molecule has 1 unspecified atom stereocenters. The van der Waals surface area contributed by atoms with Crippen molar-refractivity contribution in [2.75, 3.05) is 31.0 Å². The van der Waals surface area contributed by atoms with E-state index in [-0.39, 0.29) is 27.7 Å². The Morgan fingerprint density at radius 3 is 2.32 bits per heavy atom. The van der Waals surface area contributed by atoms with Crippen LogP contribution in [-0.2, 0) is 9.59 Å². The predicted octanol–water partition coefficient (Wildman–Crippen LogP) is 5.25. The zero-order valence-corrected chi connectivity index (χ0v) is 20.3. The van der Waals surface area contributed by atoms with Gasteiger partial charge in [-0.3, -0.25) is 14.5 Å². The third-order valence-corrected chi connectivity index (χ3v) is 6.05. The Morgan fingerprint density at radius 1 is 1.09 bits per heavy atom. The molecule has 1 amide bonds. The maximum absolute atomic E-state index is 13.3. The number of aliphatic hydroxyl groups excluding tert-OH is 1. The van der Waals surface area contributed by atoms with Gasteiger partial charge in [0.05, 0.1) is 23.3 Å². The number of amides is 1. The van der Waals surface area contributed by atoms with Gasteiger partial charge in [-0.05, 0) is 67.9 Å². The van der Waals surface area contributed by atoms with E-state index in [1.165, 1.54) is 12.0 Å². The minimum atomic E-state index is -0.970. The van der Waals surface area contributed by atoms with Gasteiger partial charge in [0, 0.05) is 25.5 Å². The van der Waals surface area contributed by atoms with Gasteiger partial charge < -0.3 is 19.2 Å². The fraction of sp³-hybridized carbons (Fsp3) is 0.231. The molecule has 1 aliphatic heterocycles. The zero-order valence-electron chi connectivity index (χ0n) is 19.5. The fourth-order valence-corrected chi connectivity index (χ4v) is 4.49. The summed E-state index contributed by atoms with van der Waals surface area (Å²) >= 11 is 6.33. The van der Waals surface area contributed by atoms with E-state index in [2.05, 4.69) is 0 Å². The number of Topliss-reactive ketones (excluding diaryl/α,β-unsaturated/α-hetero) is 1. The molecule has 7 nitrogen and oxygen atoms in total. The molecule has 1 saturated heterocycles. The van der Waals surface area contributed by atoms with Crippen molar-refractivity contribution in [2.24, 2.45) is 0 Å². The molecule has 4 rings (SSSR count). The van der Waals surface area contributed by atoms with Gasteiger partial charge in [-0.1, -0.05) is 11.6 Å². The number of ketones is 1. The molecule has 2 heterocycles. The lowest BCUT2D eigenvalue weighted by molar-refractivity contribution is -0.132. The molecule has 1 aliphatic rings. The molecule has 0 spiro atoms. The second-order valence-corrected chi connectivity index (χ2v) is 8.76. The number of halogens is 1. The molecule has 34 heavy (non-hydrogen) atoms. The maximum Gasteiger partial charge on any atom is 0.300 e. The summed E-state index contributed by atoms with van der Waals surface area (Å²) in [4.78, 5) is 29.8. The van der Waals surface area contributed by atoms with Crippen LogP contribution in [0.2, 0.25) is 5.02 Å². The van der Waals surface area contributed by atoms with Crippen molar-refractivity contribution in [3.8, 4) is 5.75 Å². The molecule has 1 atom stereocenters. The topological polar surface area (TPSA) is 83.2 Å². The summed E-state index contributed by atoms with van der Waals surface area (Å²) in [6.45, 7) is 3.57. The molecular formula is C26H25ClN2O5. The Kier molecular flexibility index (Phi) is 6.15. The average molecular weight is 481 g/mol. The molecular weight excluding hydrogens is 456 g/mol. The number of hydrogen-bond donors (Lipinski definition) is 1. The Morgan fingerprint density at radius 2 is 1.76 bits per heavy atom. The molecule has 176 valence electrons. The van der Waals surface area contributed by atoms with Crippen molar-refractivity contribution in [3.05, 3.63) is 81.8 Å². The van der Waals surface area contributed by atoms with Crippen LogP contribution in [-0.4, -0.2) is 38.0 Å². The number of anilines is 2. The number of furan rings is 1. The van der Waals surface area contributed by atoms with Crippen LogP contribution in [0.15, 0.2) is 58.5 Å². The first-order chi connectivity index (χ1) is 16.1. The minimum absolute atomic E-state index is 0.101. The van der Waals surface area contributed by atoms with Crippen molar-refractivity contribution >= 4 is 40.4 Å². The van der Waals surface area contributed by atoms with Gasteiger partial charge in [0.1, 0.15) is 29.1 Å². The summed E-state index contributed by atoms with van der Waals surface area (Å²) < 4.78 is 11.2. The minimum Gasteiger partial charge on any atom is -0.507 e. The van der Waals surface area contributed by atoms with E-state index in [4.69, 9.17) is 20.8 Å². The van der Waals surface area contributed by atoms with Gasteiger partial charge in [-0.2, -0.15) is 0 Å². The Labute approximate surface area is 202 Å². The number of benzene rings is 2. The normalized spacial score (nSPS) is 17.4. The smallest absolute Gasteiger partial charge is 0.300 e. The van der Waals surface area contributed by atoms with Gasteiger partial charge >= 0.3 is 0 Å². The van der Waals surface area contributed by atoms with Crippen molar-refractivity contribution in [1.29, 1.82) is 0 Å². The molecule has 0 saturated carbocycles. The number of rotatable bonds is 5. The maximum atomic E-state index is 13.3. The van der Waals surface area contributed by atoms with Gasteiger partial charge in [0.15, 0.2) is 0 Å². The molecule has 0 radical (unpaired) electrons. The summed E-state index contributed by atoms with van der Waals surface area (Å²) in [5.74, 6) is -0.802. The summed E-state index contributed by atoms with van der Waals surface area (Å²) in [7, 11) is 5.24. The molecule has 2 aromatic carbocycles. The predicted molar refractivity (Wildman–Crippen MR) is 132 cm³/mol. The molecule has 1 fully saturated rings. The number of carbonyl (C=O) groups is 2. The van der Waals surface area contributed by atoms with Crippen LogP contribution >= 0.6 is 11.6 Å². The summed E-state index contributed by atoms with van der Waals surface area (Å²) in [6.07, 6.45) is 0. The van der Waals surface area contributed by atoms with E-state index in [1.54, 1.807) is 50.2 Å². The number of aryl methyl sites for hydroxylation is 2. The SMILES string of the molecule is COc1c(Cl)cc(C)cc1/C(O)=C1\C(=O)C(=O)N(c2ccc(N(C)C)cc2)C1c1ccc(C)o1. The van der Waals surface area contributed by atoms with Crippen LogP contribution in [0, 0.1) is 13.8 Å². The van der Waals surface area contributed by atoms with Crippen LogP contribution < -0.4 is 14.5 Å². The van der Waals surface area contributed by atoms with Crippen LogP contribution in [0.1, 0.15) is 28.7 Å². The second kappa shape index (κ2) is 8.91. The lowest BCUT2D eigenvalue weighted by Gasteiger charge is -2.24. The summed E-state index contributed by atoms with van der Waals surface area (Å²) in [5, 5.41) is 11.7. The van der Waals surface area contributed by atoms with Crippen LogP contribution in [0.3, 0.4) is 0 Å². The zero-order chi connectivity index (χ0) is 24.7. The van der Waals surface area contributed by atoms with Crippen molar-refractivity contribution in [1.82, 2.24) is 0 Å². The molecule has 1 N–H and O–H groups in total. The fourth-order valence-electron chi connectivity index (χ4n) is 4.14. The van der Waals surface area contributed by atoms with Gasteiger partial charge in [-0.25, -0.2) is 0 Å². The first-order valence-electron chi connectivity index (χ1n) is 10.6. The Bertz CT molecular complexity index is 1310. The summed E-state index contributed by atoms with van der Waals surface area (Å²) in [6, 6.07) is 13.0. The van der Waals surface area contributed by atoms with Gasteiger partial charge in [-0.15, -0.1) is 0 Å². The van der Waals surface area contributed by atoms with E-state index in [1.807, 2.05) is 31.1 Å². The van der Waals surface area contributed by atoms with Gasteiger partial charge in [0.2, 0.25) is 0 Å². The van der Waals surface area contributed by atoms with Gasteiger partial charge in [0.25, 0.3) is 11.7 Å². The second-order valence-electron chi connectivity index (χ2n) is 8.36. The van der Waals surface area contributed by atoms with Crippen molar-refractivity contribution in [3.63, 3.8) is 0 Å². The largest absolute Gasteiger partial charge is 0.507 e. The number of ether oxygens (including phenoxy) is 1. The van der Waals surface area contributed by atoms with Crippen LogP contribution in [0.25, 0.3) is 5.76 Å². The summed E-state index contributed by atoms with van der Waals surface area (Å²) in [5.41, 5.74) is 2.31. The van der Waals surface area contributed by atoms with E-state index < -0.39 is 17.7 Å². The highest BCUT2D eigenvalue weighted by atomic mass is 35.5. The lowest BCUT2D eigenvalue weighted by atomic mass is 9.97. The highest BCUT2D eigenvalue weighted by Crippen LogP contribution is 2.45. The Balaban J connectivity index is 1.95. The van der Waals surface area contributed by atoms with Crippen LogP contribution in [0.5, 0.6) is 5.75 Å². The highest BCUT2D eigenvalue weighted by Gasteiger charge is 2.48. The Hall–Kier alpha value is -3.71. The monoisotopic (exact) mass is 480 g/mol. The van der Waals surface area contributed by atoms with E-state index in [9.17, 15) is 14.7 Å². The van der Waals surface area contributed by atoms with E-state index in [0.717, 1.165) is 11.3 Å².